The SMILES string of the molecule is COc1ccc([N+](=O)[O-])cc1C(=O)N/N=C\c1ccc(-c2cccc(C(F)(F)F)c2)o1. The van der Waals surface area contributed by atoms with Gasteiger partial charge in [-0.3, -0.25) is 14.9 Å². The number of benzene rings is 2. The van der Waals surface area contributed by atoms with Gasteiger partial charge in [-0.05, 0) is 30.3 Å². The van der Waals surface area contributed by atoms with Gasteiger partial charge >= 0.3 is 6.18 Å². The van der Waals surface area contributed by atoms with Crippen LogP contribution in [0.4, 0.5) is 18.9 Å². The van der Waals surface area contributed by atoms with E-state index in [-0.39, 0.29) is 34.1 Å². The molecule has 31 heavy (non-hydrogen) atoms. The zero-order valence-corrected chi connectivity index (χ0v) is 15.8. The average Bonchev–Trinajstić information content (AvgIpc) is 3.21. The maximum absolute atomic E-state index is 12.9. The molecule has 0 bridgehead atoms. The molecule has 3 rings (SSSR count). The minimum absolute atomic E-state index is 0.0991. The highest BCUT2D eigenvalue weighted by Gasteiger charge is 2.30. The molecule has 1 aromatic heterocycles. The lowest BCUT2D eigenvalue weighted by Crippen LogP contribution is -2.18. The highest BCUT2D eigenvalue weighted by Crippen LogP contribution is 2.32. The molecule has 11 heteroatoms. The van der Waals surface area contributed by atoms with E-state index in [1.807, 2.05) is 0 Å². The molecule has 0 atom stereocenters. The first-order valence-electron chi connectivity index (χ1n) is 8.62. The summed E-state index contributed by atoms with van der Waals surface area (Å²) in [5, 5.41) is 14.6. The molecule has 1 N–H and O–H groups in total. The maximum Gasteiger partial charge on any atom is 0.416 e. The third kappa shape index (κ3) is 5.07. The second-order valence-corrected chi connectivity index (χ2v) is 6.12. The fraction of sp³-hybridized carbons (Fsp3) is 0.100. The van der Waals surface area contributed by atoms with Crippen LogP contribution in [0.15, 0.2) is 64.1 Å². The molecule has 1 heterocycles. The molecule has 3 aromatic rings. The number of hydrogen-bond acceptors (Lipinski definition) is 6. The van der Waals surface area contributed by atoms with E-state index in [9.17, 15) is 28.1 Å². The molecular formula is C20H14F3N3O5. The van der Waals surface area contributed by atoms with Crippen LogP contribution in [-0.2, 0) is 6.18 Å². The fourth-order valence-electron chi connectivity index (χ4n) is 2.63. The molecular weight excluding hydrogens is 419 g/mol. The van der Waals surface area contributed by atoms with Gasteiger partial charge in [-0.15, -0.1) is 0 Å². The monoisotopic (exact) mass is 433 g/mol. The van der Waals surface area contributed by atoms with Crippen molar-refractivity contribution in [2.45, 2.75) is 6.18 Å². The van der Waals surface area contributed by atoms with E-state index >= 15 is 0 Å². The van der Waals surface area contributed by atoms with Gasteiger partial charge in [0.2, 0.25) is 0 Å². The van der Waals surface area contributed by atoms with E-state index in [2.05, 4.69) is 10.5 Å². The lowest BCUT2D eigenvalue weighted by atomic mass is 10.1. The number of alkyl halides is 3. The number of ether oxygens (including phenoxy) is 1. The Labute approximate surface area is 173 Å². The standard InChI is InChI=1S/C20H14F3N3O5/c1-30-18-7-5-14(26(28)29)10-16(18)19(27)25-24-11-15-6-8-17(31-15)12-3-2-4-13(9-12)20(21,22)23/h2-11H,1H3,(H,25,27)/b24-11-. The Morgan fingerprint density at radius 3 is 2.65 bits per heavy atom. The van der Waals surface area contributed by atoms with Gasteiger partial charge in [0, 0.05) is 17.7 Å². The van der Waals surface area contributed by atoms with E-state index in [0.29, 0.717) is 0 Å². The number of rotatable bonds is 6. The Morgan fingerprint density at radius 2 is 1.97 bits per heavy atom. The molecule has 160 valence electrons. The van der Waals surface area contributed by atoms with Crippen molar-refractivity contribution in [1.29, 1.82) is 0 Å². The van der Waals surface area contributed by atoms with Crippen molar-refractivity contribution < 1.29 is 32.0 Å². The zero-order chi connectivity index (χ0) is 22.6. The molecule has 0 radical (unpaired) electrons. The number of nitrogens with one attached hydrogen (secondary N) is 1. The van der Waals surface area contributed by atoms with Crippen LogP contribution in [0.2, 0.25) is 0 Å². The minimum atomic E-state index is -4.48. The summed E-state index contributed by atoms with van der Waals surface area (Å²) < 4.78 is 49.0. The number of hydrazone groups is 1. The van der Waals surface area contributed by atoms with Crippen molar-refractivity contribution in [1.82, 2.24) is 5.43 Å². The molecule has 2 aromatic carbocycles. The first kappa shape index (κ1) is 21.6. The number of nitrogens with zero attached hydrogens (tertiary/aromatic N) is 2. The summed E-state index contributed by atoms with van der Waals surface area (Å²) in [6.45, 7) is 0. The molecule has 1 amide bonds. The van der Waals surface area contributed by atoms with Gasteiger partial charge in [0.15, 0.2) is 0 Å². The quantitative estimate of drug-likeness (QED) is 0.346. The van der Waals surface area contributed by atoms with E-state index < -0.39 is 22.6 Å². The number of furan rings is 1. The minimum Gasteiger partial charge on any atom is -0.496 e. The van der Waals surface area contributed by atoms with Crippen LogP contribution in [0, 0.1) is 10.1 Å². The molecule has 8 nitrogen and oxygen atoms in total. The Morgan fingerprint density at radius 1 is 1.19 bits per heavy atom. The smallest absolute Gasteiger partial charge is 0.416 e. The summed E-state index contributed by atoms with van der Waals surface area (Å²) in [5.74, 6) is -0.303. The number of methoxy groups -OCH3 is 1. The van der Waals surface area contributed by atoms with Gasteiger partial charge in [0.25, 0.3) is 11.6 Å². The van der Waals surface area contributed by atoms with Crippen molar-refractivity contribution >= 4 is 17.8 Å². The van der Waals surface area contributed by atoms with Gasteiger partial charge < -0.3 is 9.15 Å². The van der Waals surface area contributed by atoms with Crippen molar-refractivity contribution in [3.05, 3.63) is 81.6 Å². The van der Waals surface area contributed by atoms with E-state index in [1.165, 1.54) is 43.5 Å². The second kappa shape index (κ2) is 8.69. The third-order valence-corrected chi connectivity index (χ3v) is 4.10. The number of carbonyl (C=O) groups is 1. The largest absolute Gasteiger partial charge is 0.496 e. The Bertz CT molecular complexity index is 1150. The van der Waals surface area contributed by atoms with E-state index in [4.69, 9.17) is 9.15 Å². The number of non-ortho nitro benzene ring substituents is 1. The number of amides is 1. The average molecular weight is 433 g/mol. The summed E-state index contributed by atoms with van der Waals surface area (Å²) >= 11 is 0. The van der Waals surface area contributed by atoms with Crippen LogP contribution in [0.1, 0.15) is 21.7 Å². The second-order valence-electron chi connectivity index (χ2n) is 6.12. The molecule has 0 unspecified atom stereocenters. The van der Waals surface area contributed by atoms with Gasteiger partial charge in [0.1, 0.15) is 17.3 Å². The van der Waals surface area contributed by atoms with Crippen molar-refractivity contribution in [3.8, 4) is 17.1 Å². The number of carbonyl (C=O) groups excluding carboxylic acids is 1. The van der Waals surface area contributed by atoms with Crippen molar-refractivity contribution in [3.63, 3.8) is 0 Å². The van der Waals surface area contributed by atoms with Gasteiger partial charge in [-0.1, -0.05) is 12.1 Å². The molecule has 0 spiro atoms. The summed E-state index contributed by atoms with van der Waals surface area (Å²) in [6, 6.07) is 11.1. The van der Waals surface area contributed by atoms with E-state index in [1.54, 1.807) is 0 Å². The number of hydrogen-bond donors (Lipinski definition) is 1. The number of nitro benzene ring substituents is 1. The molecule has 0 saturated heterocycles. The normalized spacial score (nSPS) is 11.5. The van der Waals surface area contributed by atoms with Crippen LogP contribution in [0.25, 0.3) is 11.3 Å². The molecule has 0 aliphatic heterocycles. The lowest BCUT2D eigenvalue weighted by Gasteiger charge is -2.07. The third-order valence-electron chi connectivity index (χ3n) is 4.10. The summed E-state index contributed by atoms with van der Waals surface area (Å²) in [7, 11) is 1.30. The summed E-state index contributed by atoms with van der Waals surface area (Å²) in [4.78, 5) is 22.5. The van der Waals surface area contributed by atoms with Crippen molar-refractivity contribution in [2.75, 3.05) is 7.11 Å². The molecule has 0 saturated carbocycles. The van der Waals surface area contributed by atoms with Crippen LogP contribution in [0.5, 0.6) is 5.75 Å². The summed E-state index contributed by atoms with van der Waals surface area (Å²) in [5.41, 5.74) is 1.20. The Kier molecular flexibility index (Phi) is 6.05. The molecule has 0 fully saturated rings. The summed E-state index contributed by atoms with van der Waals surface area (Å²) in [6.07, 6.45) is -3.34. The van der Waals surface area contributed by atoms with Gasteiger partial charge in [0.05, 0.1) is 29.4 Å². The van der Waals surface area contributed by atoms with Crippen molar-refractivity contribution in [2.24, 2.45) is 5.10 Å². The van der Waals surface area contributed by atoms with Crippen LogP contribution in [0.3, 0.4) is 0 Å². The Hall–Kier alpha value is -4.15. The lowest BCUT2D eigenvalue weighted by molar-refractivity contribution is -0.384. The fourth-order valence-corrected chi connectivity index (χ4v) is 2.63. The predicted molar refractivity (Wildman–Crippen MR) is 104 cm³/mol. The molecule has 0 aliphatic rings. The number of halogens is 3. The maximum atomic E-state index is 12.9. The number of nitro groups is 1. The van der Waals surface area contributed by atoms with Gasteiger partial charge in [-0.2, -0.15) is 18.3 Å². The Balaban J connectivity index is 1.73. The topological polar surface area (TPSA) is 107 Å². The molecule has 0 aliphatic carbocycles. The predicted octanol–water partition coefficient (Wildman–Crippen LogP) is 4.65. The first-order valence-corrected chi connectivity index (χ1v) is 8.62. The highest BCUT2D eigenvalue weighted by molar-refractivity contribution is 5.98. The van der Waals surface area contributed by atoms with Crippen LogP contribution < -0.4 is 10.2 Å². The zero-order valence-electron chi connectivity index (χ0n) is 15.8. The van der Waals surface area contributed by atoms with Crippen LogP contribution in [-0.4, -0.2) is 24.2 Å². The van der Waals surface area contributed by atoms with E-state index in [0.717, 1.165) is 24.4 Å². The van der Waals surface area contributed by atoms with Crippen LogP contribution >= 0.6 is 0 Å². The first-order chi connectivity index (χ1) is 14.7. The van der Waals surface area contributed by atoms with Gasteiger partial charge in [-0.25, -0.2) is 5.43 Å². The highest BCUT2D eigenvalue weighted by atomic mass is 19.4.